The number of nitrogens with one attached hydrogen (secondary N) is 1. The molecule has 14 heteroatoms. The molecule has 2 N–H and O–H groups in total. The van der Waals surface area contributed by atoms with Crippen LogP contribution in [0.5, 0.6) is 5.88 Å². The van der Waals surface area contributed by atoms with Gasteiger partial charge in [0.15, 0.2) is 0 Å². The number of hydrogen-bond acceptors (Lipinski definition) is 8. The summed E-state index contributed by atoms with van der Waals surface area (Å²) >= 11 is 1.31. The van der Waals surface area contributed by atoms with Gasteiger partial charge in [-0.1, -0.05) is 0 Å². The van der Waals surface area contributed by atoms with Gasteiger partial charge < -0.3 is 15.2 Å². The number of nitrogens with zero attached hydrogens (tertiary/aromatic N) is 5. The number of halogens is 3. The van der Waals surface area contributed by atoms with Crippen LogP contribution in [-0.4, -0.2) is 54.2 Å². The first kappa shape index (κ1) is 23.3. The van der Waals surface area contributed by atoms with E-state index in [1.54, 1.807) is 11.6 Å². The third-order valence-corrected chi connectivity index (χ3v) is 7.55. The molecule has 0 amide bonds. The maximum absolute atomic E-state index is 13.3. The van der Waals surface area contributed by atoms with Crippen molar-refractivity contribution in [2.24, 2.45) is 13.0 Å². The molecule has 0 spiro atoms. The van der Waals surface area contributed by atoms with Crippen molar-refractivity contribution >= 4 is 34.9 Å². The van der Waals surface area contributed by atoms with Gasteiger partial charge in [0, 0.05) is 35.3 Å². The fourth-order valence-electron chi connectivity index (χ4n) is 4.44. The SMILES string of the molecule is Cn1nc(OC(F)F)cc1Nc1nncn1[C@H]1CCc2sc(CC(=O)[C@H]3C[C@@H]3F)c(C(=O)O)c2C1. The number of carboxylic acid groups (broad SMARTS) is 1. The normalized spacial score (nSPS) is 21.1. The Bertz CT molecular complexity index is 1290. The number of anilines is 2. The maximum Gasteiger partial charge on any atom is 0.388 e. The molecular formula is C21H21F3N6O4S. The number of ether oxygens (including phenoxy) is 1. The van der Waals surface area contributed by atoms with E-state index in [9.17, 15) is 27.9 Å². The lowest BCUT2D eigenvalue weighted by Gasteiger charge is -2.25. The Hall–Kier alpha value is -3.42. The maximum atomic E-state index is 13.3. The molecule has 0 aliphatic heterocycles. The van der Waals surface area contributed by atoms with Gasteiger partial charge in [0.1, 0.15) is 24.1 Å². The van der Waals surface area contributed by atoms with Crippen LogP contribution in [-0.2, 0) is 31.1 Å². The van der Waals surface area contributed by atoms with Crippen LogP contribution in [0.4, 0.5) is 24.9 Å². The number of aromatic nitrogens is 5. The molecular weight excluding hydrogens is 489 g/mol. The summed E-state index contributed by atoms with van der Waals surface area (Å²) in [5, 5.41) is 24.8. The molecule has 2 aliphatic rings. The fourth-order valence-corrected chi connectivity index (χ4v) is 5.79. The van der Waals surface area contributed by atoms with Gasteiger partial charge in [-0.05, 0) is 31.2 Å². The van der Waals surface area contributed by atoms with Gasteiger partial charge in [-0.3, -0.25) is 9.36 Å². The summed E-state index contributed by atoms with van der Waals surface area (Å²) in [5.41, 5.74) is 0.795. The highest BCUT2D eigenvalue weighted by molar-refractivity contribution is 7.12. The molecule has 186 valence electrons. The van der Waals surface area contributed by atoms with Gasteiger partial charge in [0.05, 0.1) is 11.5 Å². The second-order valence-corrected chi connectivity index (χ2v) is 9.75. The number of Topliss-reactive ketones (excluding diaryl/α,β-unsaturated/α-hetero) is 1. The predicted molar refractivity (Wildman–Crippen MR) is 117 cm³/mol. The van der Waals surface area contributed by atoms with E-state index in [0.717, 1.165) is 4.88 Å². The zero-order chi connectivity index (χ0) is 24.9. The zero-order valence-corrected chi connectivity index (χ0v) is 19.3. The molecule has 3 heterocycles. The summed E-state index contributed by atoms with van der Waals surface area (Å²) < 4.78 is 45.7. The van der Waals surface area contributed by atoms with Crippen LogP contribution in [0.1, 0.15) is 44.6 Å². The first-order valence-corrected chi connectivity index (χ1v) is 11.7. The van der Waals surface area contributed by atoms with Crippen LogP contribution in [0.3, 0.4) is 0 Å². The van der Waals surface area contributed by atoms with Crippen LogP contribution in [0.25, 0.3) is 0 Å². The third-order valence-electron chi connectivity index (χ3n) is 6.26. The van der Waals surface area contributed by atoms with Crippen molar-refractivity contribution in [3.8, 4) is 5.88 Å². The summed E-state index contributed by atoms with van der Waals surface area (Å²) in [7, 11) is 1.55. The number of aryl methyl sites for hydroxylation is 2. The monoisotopic (exact) mass is 510 g/mol. The van der Waals surface area contributed by atoms with Crippen LogP contribution in [0.2, 0.25) is 0 Å². The lowest BCUT2D eigenvalue weighted by molar-refractivity contribution is -0.119. The Kier molecular flexibility index (Phi) is 5.99. The Labute approximate surface area is 200 Å². The van der Waals surface area contributed by atoms with E-state index in [4.69, 9.17) is 0 Å². The number of carboxylic acids is 1. The largest absolute Gasteiger partial charge is 0.478 e. The minimum Gasteiger partial charge on any atom is -0.478 e. The van der Waals surface area contributed by atoms with E-state index in [2.05, 4.69) is 25.3 Å². The molecule has 35 heavy (non-hydrogen) atoms. The third kappa shape index (κ3) is 4.61. The van der Waals surface area contributed by atoms with Crippen molar-refractivity contribution in [3.63, 3.8) is 0 Å². The highest BCUT2D eigenvalue weighted by atomic mass is 32.1. The molecule has 2 aliphatic carbocycles. The number of ketones is 1. The average Bonchev–Trinajstić information content (AvgIpc) is 3.10. The van der Waals surface area contributed by atoms with Crippen LogP contribution < -0.4 is 10.1 Å². The van der Waals surface area contributed by atoms with Crippen molar-refractivity contribution < 1.29 is 32.6 Å². The number of hydrogen-bond donors (Lipinski definition) is 2. The number of alkyl halides is 3. The van der Waals surface area contributed by atoms with Crippen molar-refractivity contribution in [2.45, 2.75) is 50.9 Å². The summed E-state index contributed by atoms with van der Waals surface area (Å²) in [6.45, 7) is -3.00. The zero-order valence-electron chi connectivity index (χ0n) is 18.4. The fraction of sp³-hybridized carbons (Fsp3) is 0.476. The number of aromatic carboxylic acids is 1. The van der Waals surface area contributed by atoms with E-state index in [1.807, 2.05) is 0 Å². The van der Waals surface area contributed by atoms with Crippen molar-refractivity contribution in [1.29, 1.82) is 0 Å². The lowest BCUT2D eigenvalue weighted by Crippen LogP contribution is -2.20. The van der Waals surface area contributed by atoms with Gasteiger partial charge in [-0.25, -0.2) is 13.9 Å². The van der Waals surface area contributed by atoms with E-state index in [-0.39, 0.29) is 36.1 Å². The quantitative estimate of drug-likeness (QED) is 0.449. The smallest absolute Gasteiger partial charge is 0.388 e. The standard InChI is InChI=1S/C21H21F3N6O4S/c1-29-16(7-17(28-29)34-20(23)24)26-21-27-25-8-30(21)9-2-3-14-11(4-9)18(19(32)33)15(35-14)6-13(31)10-5-12(10)22/h7-10,12,20H,2-6H2,1H3,(H,26,27)(H,32,33)/t9-,10-,12-/m0/s1. The number of fused-ring (bicyclic) bond motifs is 1. The van der Waals surface area contributed by atoms with Crippen molar-refractivity contribution in [2.75, 3.05) is 5.32 Å². The van der Waals surface area contributed by atoms with Crippen LogP contribution >= 0.6 is 11.3 Å². The van der Waals surface area contributed by atoms with Gasteiger partial charge in [-0.15, -0.1) is 26.6 Å². The predicted octanol–water partition coefficient (Wildman–Crippen LogP) is 3.32. The highest BCUT2D eigenvalue weighted by Crippen LogP contribution is 2.41. The summed E-state index contributed by atoms with van der Waals surface area (Å²) in [6, 6.07) is 1.12. The molecule has 5 rings (SSSR count). The number of rotatable bonds is 9. The van der Waals surface area contributed by atoms with Crippen LogP contribution in [0, 0.1) is 5.92 Å². The molecule has 0 unspecified atom stereocenters. The minimum atomic E-state index is -3.00. The van der Waals surface area contributed by atoms with Crippen molar-refractivity contribution in [3.05, 3.63) is 33.3 Å². The Balaban J connectivity index is 1.37. The molecule has 0 radical (unpaired) electrons. The lowest BCUT2D eigenvalue weighted by atomic mass is 9.90. The number of carbonyl (C=O) groups is 2. The Morgan fingerprint density at radius 3 is 2.86 bits per heavy atom. The molecule has 0 aromatic carbocycles. The van der Waals surface area contributed by atoms with E-state index in [0.29, 0.717) is 41.5 Å². The second-order valence-electron chi connectivity index (χ2n) is 8.56. The molecule has 3 aromatic heterocycles. The van der Waals surface area contributed by atoms with E-state index >= 15 is 0 Å². The number of thiophene rings is 1. The van der Waals surface area contributed by atoms with E-state index < -0.39 is 24.7 Å². The topological polar surface area (TPSA) is 124 Å². The molecule has 0 bridgehead atoms. The minimum absolute atomic E-state index is 0.0714. The van der Waals surface area contributed by atoms with Crippen LogP contribution in [0.15, 0.2) is 12.4 Å². The molecule has 3 aromatic rings. The molecule has 10 nitrogen and oxygen atoms in total. The Morgan fingerprint density at radius 1 is 1.40 bits per heavy atom. The van der Waals surface area contributed by atoms with Gasteiger partial charge >= 0.3 is 12.6 Å². The van der Waals surface area contributed by atoms with E-state index in [1.165, 1.54) is 28.4 Å². The first-order chi connectivity index (χ1) is 16.7. The number of carbonyl (C=O) groups excluding carboxylic acids is 1. The van der Waals surface area contributed by atoms with Gasteiger partial charge in [0.25, 0.3) is 0 Å². The Morgan fingerprint density at radius 2 is 2.17 bits per heavy atom. The average molecular weight is 510 g/mol. The van der Waals surface area contributed by atoms with Crippen molar-refractivity contribution in [1.82, 2.24) is 24.5 Å². The second kappa shape index (κ2) is 8.98. The molecule has 0 saturated heterocycles. The molecule has 1 saturated carbocycles. The molecule has 3 atom stereocenters. The van der Waals surface area contributed by atoms with Gasteiger partial charge in [-0.2, -0.15) is 8.78 Å². The summed E-state index contributed by atoms with van der Waals surface area (Å²) in [5.74, 6) is -1.56. The van der Waals surface area contributed by atoms with Gasteiger partial charge in [0.2, 0.25) is 11.8 Å². The first-order valence-electron chi connectivity index (χ1n) is 10.9. The summed E-state index contributed by atoms with van der Waals surface area (Å²) in [6.07, 6.45) is 2.19. The molecule has 1 fully saturated rings. The summed E-state index contributed by atoms with van der Waals surface area (Å²) in [4.78, 5) is 25.8. The highest BCUT2D eigenvalue weighted by Gasteiger charge is 2.43.